The number of aryl methyl sites for hydroxylation is 1. The number of nitrogens with zero attached hydrogens (tertiary/aromatic N) is 2. The molecule has 0 spiro atoms. The number of aromatic nitrogens is 2. The van der Waals surface area contributed by atoms with Crippen LogP contribution in [0.1, 0.15) is 18.1 Å². The third-order valence-electron chi connectivity index (χ3n) is 4.82. The van der Waals surface area contributed by atoms with Crippen molar-refractivity contribution in [1.29, 1.82) is 0 Å². The van der Waals surface area contributed by atoms with Gasteiger partial charge in [-0.25, -0.2) is 14.6 Å². The van der Waals surface area contributed by atoms with Crippen LogP contribution in [0.4, 0.5) is 15.4 Å². The van der Waals surface area contributed by atoms with Crippen LogP contribution < -0.4 is 16.0 Å². The quantitative estimate of drug-likeness (QED) is 0.464. The minimum Gasteiger partial charge on any atom is -0.447 e. The van der Waals surface area contributed by atoms with Crippen molar-refractivity contribution in [2.24, 2.45) is 0 Å². The lowest BCUT2D eigenvalue weighted by atomic mass is 9.94. The Balaban J connectivity index is 1.96. The minimum absolute atomic E-state index is 0.180. The monoisotopic (exact) mass is 437 g/mol. The van der Waals surface area contributed by atoms with Gasteiger partial charge < -0.3 is 20.1 Å². The van der Waals surface area contributed by atoms with E-state index in [1.807, 2.05) is 44.3 Å². The first-order valence-corrected chi connectivity index (χ1v) is 10.3. The lowest BCUT2D eigenvalue weighted by molar-refractivity contribution is 0.0983. The summed E-state index contributed by atoms with van der Waals surface area (Å²) in [6.07, 6.45) is 4.73. The van der Waals surface area contributed by atoms with E-state index in [9.17, 15) is 9.59 Å². The largest absolute Gasteiger partial charge is 0.447 e. The van der Waals surface area contributed by atoms with Crippen molar-refractivity contribution in [2.45, 2.75) is 20.4 Å². The van der Waals surface area contributed by atoms with Crippen molar-refractivity contribution >= 4 is 28.7 Å². The van der Waals surface area contributed by atoms with Gasteiger partial charge in [-0.3, -0.25) is 10.3 Å². The zero-order chi connectivity index (χ0) is 22.9. The minimum atomic E-state index is -0.522. The number of alkyl carbamates (subject to hydrolysis) is 1. The van der Waals surface area contributed by atoms with Crippen LogP contribution in [-0.2, 0) is 16.0 Å². The third kappa shape index (κ3) is 5.70. The summed E-state index contributed by atoms with van der Waals surface area (Å²) in [6, 6.07) is 7.41. The number of hydrogen-bond donors (Lipinski definition) is 3. The molecular weight excluding hydrogens is 410 g/mol. The van der Waals surface area contributed by atoms with Crippen molar-refractivity contribution in [3.63, 3.8) is 0 Å². The van der Waals surface area contributed by atoms with Gasteiger partial charge in [0.05, 0.1) is 6.61 Å². The second-order valence-corrected chi connectivity index (χ2v) is 7.04. The Labute approximate surface area is 186 Å². The van der Waals surface area contributed by atoms with Gasteiger partial charge in [0.15, 0.2) is 0 Å². The van der Waals surface area contributed by atoms with Crippen LogP contribution in [0.5, 0.6) is 0 Å². The van der Waals surface area contributed by atoms with Gasteiger partial charge >= 0.3 is 12.1 Å². The molecule has 9 heteroatoms. The van der Waals surface area contributed by atoms with E-state index in [4.69, 9.17) is 9.47 Å². The molecule has 0 saturated carbocycles. The molecule has 3 rings (SSSR count). The molecule has 32 heavy (non-hydrogen) atoms. The molecule has 3 aromatic rings. The van der Waals surface area contributed by atoms with E-state index in [2.05, 4.69) is 25.9 Å². The van der Waals surface area contributed by atoms with Gasteiger partial charge in [0.25, 0.3) is 0 Å². The molecule has 0 saturated heterocycles. The zero-order valence-electron chi connectivity index (χ0n) is 18.4. The summed E-state index contributed by atoms with van der Waals surface area (Å²) in [6.45, 7) is 5.13. The van der Waals surface area contributed by atoms with Gasteiger partial charge in [0, 0.05) is 44.2 Å². The van der Waals surface area contributed by atoms with E-state index < -0.39 is 6.09 Å². The van der Waals surface area contributed by atoms with Crippen molar-refractivity contribution in [3.05, 3.63) is 54.0 Å². The highest BCUT2D eigenvalue weighted by Crippen LogP contribution is 2.33. The van der Waals surface area contributed by atoms with E-state index in [1.165, 1.54) is 0 Å². The maximum Gasteiger partial charge on any atom is 0.407 e. The van der Waals surface area contributed by atoms with E-state index in [-0.39, 0.29) is 19.2 Å². The Morgan fingerprint density at radius 3 is 2.62 bits per heavy atom. The summed E-state index contributed by atoms with van der Waals surface area (Å²) < 4.78 is 9.94. The Morgan fingerprint density at radius 2 is 1.88 bits per heavy atom. The fourth-order valence-corrected chi connectivity index (χ4v) is 3.29. The molecule has 0 fully saturated rings. The Bertz CT molecular complexity index is 1100. The second kappa shape index (κ2) is 11.1. The number of ether oxygens (including phenoxy) is 2. The van der Waals surface area contributed by atoms with Crippen LogP contribution in [0.3, 0.4) is 0 Å². The Morgan fingerprint density at radius 1 is 1.03 bits per heavy atom. The first kappa shape index (κ1) is 23.0. The zero-order valence-corrected chi connectivity index (χ0v) is 18.4. The van der Waals surface area contributed by atoms with Crippen LogP contribution in [-0.4, -0.2) is 49.0 Å². The highest BCUT2D eigenvalue weighted by molar-refractivity contribution is 6.01. The SMILES string of the molecule is CCNC(=O)Nc1cc2c(-c3ccncc3C)ccc(CNC(=O)OCCOC)c2cn1. The summed E-state index contributed by atoms with van der Waals surface area (Å²) in [5.41, 5.74) is 3.90. The highest BCUT2D eigenvalue weighted by atomic mass is 16.6. The molecule has 0 aliphatic carbocycles. The van der Waals surface area contributed by atoms with Gasteiger partial charge in [0.1, 0.15) is 12.4 Å². The van der Waals surface area contributed by atoms with Crippen LogP contribution in [0, 0.1) is 6.92 Å². The van der Waals surface area contributed by atoms with Crippen molar-refractivity contribution in [3.8, 4) is 11.1 Å². The standard InChI is InChI=1S/C23H27N5O4/c1-4-25-22(29)28-21-11-19-18(17-7-8-24-12-15(17)2)6-5-16(20(19)14-26-21)13-27-23(30)32-10-9-31-3/h5-8,11-12,14H,4,9-10,13H2,1-3H3,(H,27,30)(H2,25,26,28,29). The molecule has 0 atom stereocenters. The number of amides is 3. The molecule has 3 amide bonds. The van der Waals surface area contributed by atoms with Crippen LogP contribution in [0.15, 0.2) is 42.9 Å². The van der Waals surface area contributed by atoms with Gasteiger partial charge in [-0.05, 0) is 53.6 Å². The first-order chi connectivity index (χ1) is 15.5. The summed E-state index contributed by atoms with van der Waals surface area (Å²) in [5, 5.41) is 9.95. The number of anilines is 1. The topological polar surface area (TPSA) is 114 Å². The molecule has 0 unspecified atom stereocenters. The maximum absolute atomic E-state index is 12.0. The third-order valence-corrected chi connectivity index (χ3v) is 4.82. The molecule has 2 heterocycles. The first-order valence-electron chi connectivity index (χ1n) is 10.3. The number of carbonyl (C=O) groups excluding carboxylic acids is 2. The van der Waals surface area contributed by atoms with Gasteiger partial charge in [-0.15, -0.1) is 0 Å². The molecule has 1 aromatic carbocycles. The highest BCUT2D eigenvalue weighted by Gasteiger charge is 2.13. The van der Waals surface area contributed by atoms with Crippen LogP contribution in [0.2, 0.25) is 0 Å². The second-order valence-electron chi connectivity index (χ2n) is 7.04. The predicted octanol–water partition coefficient (Wildman–Crippen LogP) is 3.62. The molecule has 0 aliphatic rings. The van der Waals surface area contributed by atoms with E-state index in [0.29, 0.717) is 19.0 Å². The fraction of sp³-hybridized carbons (Fsp3) is 0.304. The molecule has 0 radical (unpaired) electrons. The van der Waals surface area contributed by atoms with Crippen molar-refractivity contribution in [2.75, 3.05) is 32.2 Å². The number of urea groups is 1. The lowest BCUT2D eigenvalue weighted by Crippen LogP contribution is -2.28. The summed E-state index contributed by atoms with van der Waals surface area (Å²) in [7, 11) is 1.54. The number of fused-ring (bicyclic) bond motifs is 1. The van der Waals surface area contributed by atoms with Crippen LogP contribution in [0.25, 0.3) is 21.9 Å². The molecule has 0 aliphatic heterocycles. The number of methoxy groups -OCH3 is 1. The van der Waals surface area contributed by atoms with Crippen molar-refractivity contribution < 1.29 is 19.1 Å². The summed E-state index contributed by atoms with van der Waals surface area (Å²) >= 11 is 0. The van der Waals surface area contributed by atoms with Gasteiger partial charge in [-0.1, -0.05) is 12.1 Å². The molecule has 3 N–H and O–H groups in total. The summed E-state index contributed by atoms with van der Waals surface area (Å²) in [5.74, 6) is 0.431. The Hall–Kier alpha value is -3.72. The number of nitrogens with one attached hydrogen (secondary N) is 3. The molecule has 0 bridgehead atoms. The van der Waals surface area contributed by atoms with E-state index in [1.54, 1.807) is 19.5 Å². The summed E-state index contributed by atoms with van der Waals surface area (Å²) in [4.78, 5) is 32.5. The number of rotatable bonds is 8. The maximum atomic E-state index is 12.0. The Kier molecular flexibility index (Phi) is 7.93. The van der Waals surface area contributed by atoms with Gasteiger partial charge in [-0.2, -0.15) is 0 Å². The number of carbonyl (C=O) groups is 2. The van der Waals surface area contributed by atoms with E-state index >= 15 is 0 Å². The molecule has 9 nitrogen and oxygen atoms in total. The number of hydrogen-bond acceptors (Lipinski definition) is 6. The number of benzene rings is 1. The average Bonchev–Trinajstić information content (AvgIpc) is 2.78. The predicted molar refractivity (Wildman–Crippen MR) is 122 cm³/mol. The van der Waals surface area contributed by atoms with Gasteiger partial charge in [0.2, 0.25) is 0 Å². The normalized spacial score (nSPS) is 10.6. The van der Waals surface area contributed by atoms with Crippen LogP contribution >= 0.6 is 0 Å². The molecular formula is C23H27N5O4. The average molecular weight is 438 g/mol. The lowest BCUT2D eigenvalue weighted by Gasteiger charge is -2.15. The molecule has 2 aromatic heterocycles. The van der Waals surface area contributed by atoms with Crippen molar-refractivity contribution in [1.82, 2.24) is 20.6 Å². The fourth-order valence-electron chi connectivity index (χ4n) is 3.29. The van der Waals surface area contributed by atoms with E-state index in [0.717, 1.165) is 33.0 Å². The number of pyridine rings is 2. The molecule has 168 valence electrons. The smallest absolute Gasteiger partial charge is 0.407 e.